The molecule has 1 heterocycles. The zero-order valence-corrected chi connectivity index (χ0v) is 14.5. The van der Waals surface area contributed by atoms with Gasteiger partial charge in [-0.1, -0.05) is 44.2 Å². The quantitative estimate of drug-likeness (QED) is 0.899. The van der Waals surface area contributed by atoms with Crippen LogP contribution < -0.4 is 5.73 Å². The molecule has 0 aliphatic carbocycles. The van der Waals surface area contributed by atoms with E-state index in [1.165, 1.54) is 0 Å². The number of nitrogens with zero attached hydrogens (tertiary/aromatic N) is 1. The van der Waals surface area contributed by atoms with E-state index in [0.717, 1.165) is 11.8 Å². The first-order valence-electron chi connectivity index (χ1n) is 7.51. The van der Waals surface area contributed by atoms with Crippen molar-refractivity contribution >= 4 is 15.9 Å². The van der Waals surface area contributed by atoms with Gasteiger partial charge in [-0.3, -0.25) is 0 Å². The standard InChI is InChI=1S/C16H24N2O4S/c1-16(2)11-18(9-13(16)14(17)23(3,20)21)15(19)22-10-12-7-5-4-6-8-12/h4-8,13-14H,9-11,17H2,1-3H3. The maximum absolute atomic E-state index is 12.2. The third-order valence-corrected chi connectivity index (χ3v) is 5.69. The Bertz CT molecular complexity index is 658. The Kier molecular flexibility index (Phi) is 5.01. The molecule has 7 heteroatoms. The third-order valence-electron chi connectivity index (χ3n) is 4.37. The first-order valence-corrected chi connectivity index (χ1v) is 9.47. The van der Waals surface area contributed by atoms with Crippen molar-refractivity contribution in [3.63, 3.8) is 0 Å². The third kappa shape index (κ3) is 4.23. The SMILES string of the molecule is CC1(C)CN(C(=O)OCc2ccccc2)CC1C(N)S(C)(=O)=O. The molecule has 0 spiro atoms. The van der Waals surface area contributed by atoms with Crippen LogP contribution >= 0.6 is 0 Å². The van der Waals surface area contributed by atoms with Gasteiger partial charge in [0.15, 0.2) is 9.84 Å². The number of likely N-dealkylation sites (tertiary alicyclic amines) is 1. The van der Waals surface area contributed by atoms with Crippen LogP contribution in [0.15, 0.2) is 30.3 Å². The van der Waals surface area contributed by atoms with Crippen LogP contribution in [0.4, 0.5) is 4.79 Å². The van der Waals surface area contributed by atoms with Gasteiger partial charge in [0.1, 0.15) is 12.0 Å². The molecule has 1 amide bonds. The zero-order valence-electron chi connectivity index (χ0n) is 13.7. The van der Waals surface area contributed by atoms with Crippen molar-refractivity contribution in [1.29, 1.82) is 0 Å². The van der Waals surface area contributed by atoms with Gasteiger partial charge in [-0.2, -0.15) is 0 Å². The van der Waals surface area contributed by atoms with Gasteiger partial charge >= 0.3 is 6.09 Å². The van der Waals surface area contributed by atoms with Crippen molar-refractivity contribution in [1.82, 2.24) is 4.90 Å². The summed E-state index contributed by atoms with van der Waals surface area (Å²) in [6.07, 6.45) is 0.689. The van der Waals surface area contributed by atoms with Crippen molar-refractivity contribution < 1.29 is 17.9 Å². The number of amides is 1. The summed E-state index contributed by atoms with van der Waals surface area (Å²) in [5.41, 5.74) is 6.42. The molecular weight excluding hydrogens is 316 g/mol. The molecule has 128 valence electrons. The highest BCUT2D eigenvalue weighted by Gasteiger charge is 2.47. The van der Waals surface area contributed by atoms with E-state index in [-0.39, 0.29) is 24.5 Å². The highest BCUT2D eigenvalue weighted by Crippen LogP contribution is 2.38. The Labute approximate surface area is 137 Å². The van der Waals surface area contributed by atoms with Crippen molar-refractivity contribution in [3.8, 4) is 0 Å². The van der Waals surface area contributed by atoms with E-state index in [4.69, 9.17) is 10.5 Å². The lowest BCUT2D eigenvalue weighted by atomic mass is 9.82. The lowest BCUT2D eigenvalue weighted by molar-refractivity contribution is 0.101. The molecule has 1 fully saturated rings. The van der Waals surface area contributed by atoms with Crippen molar-refractivity contribution in [3.05, 3.63) is 35.9 Å². The predicted molar refractivity (Wildman–Crippen MR) is 88.3 cm³/mol. The van der Waals surface area contributed by atoms with Gasteiger partial charge < -0.3 is 15.4 Å². The Balaban J connectivity index is 2.00. The van der Waals surface area contributed by atoms with E-state index < -0.39 is 21.3 Å². The van der Waals surface area contributed by atoms with Crippen LogP contribution in [-0.2, 0) is 21.2 Å². The van der Waals surface area contributed by atoms with Crippen LogP contribution in [0, 0.1) is 11.3 Å². The van der Waals surface area contributed by atoms with Crippen LogP contribution in [0.2, 0.25) is 0 Å². The van der Waals surface area contributed by atoms with Gasteiger partial charge in [0, 0.05) is 25.3 Å². The van der Waals surface area contributed by atoms with E-state index in [2.05, 4.69) is 0 Å². The van der Waals surface area contributed by atoms with E-state index in [9.17, 15) is 13.2 Å². The molecule has 2 unspecified atom stereocenters. The summed E-state index contributed by atoms with van der Waals surface area (Å²) >= 11 is 0. The normalized spacial score (nSPS) is 21.9. The molecule has 2 rings (SSSR count). The second-order valence-corrected chi connectivity index (χ2v) is 9.01. The average Bonchev–Trinajstić information content (AvgIpc) is 2.79. The number of rotatable bonds is 4. The Hall–Kier alpha value is -1.60. The molecule has 1 saturated heterocycles. The molecule has 6 nitrogen and oxygen atoms in total. The number of hydrogen-bond donors (Lipinski definition) is 1. The number of hydrogen-bond acceptors (Lipinski definition) is 5. The molecular formula is C16H24N2O4S. The summed E-state index contributed by atoms with van der Waals surface area (Å²) in [6.45, 7) is 4.75. The molecule has 23 heavy (non-hydrogen) atoms. The van der Waals surface area contributed by atoms with Gasteiger partial charge in [0.2, 0.25) is 0 Å². The Morgan fingerprint density at radius 3 is 2.57 bits per heavy atom. The van der Waals surface area contributed by atoms with E-state index in [1.807, 2.05) is 44.2 Å². The second-order valence-electron chi connectivity index (χ2n) is 6.81. The lowest BCUT2D eigenvalue weighted by Gasteiger charge is -2.28. The first kappa shape index (κ1) is 17.7. The van der Waals surface area contributed by atoms with Gasteiger partial charge in [0.25, 0.3) is 0 Å². The molecule has 1 aliphatic heterocycles. The summed E-state index contributed by atoms with van der Waals surface area (Å²) in [5, 5.41) is -0.982. The number of sulfone groups is 1. The molecule has 1 aromatic rings. The van der Waals surface area contributed by atoms with Gasteiger partial charge in [-0.05, 0) is 11.0 Å². The van der Waals surface area contributed by atoms with Crippen LogP contribution in [0.25, 0.3) is 0 Å². The van der Waals surface area contributed by atoms with Crippen LogP contribution in [0.5, 0.6) is 0 Å². The Morgan fingerprint density at radius 1 is 1.39 bits per heavy atom. The summed E-state index contributed by atoms with van der Waals surface area (Å²) in [4.78, 5) is 13.8. The van der Waals surface area contributed by atoms with Gasteiger partial charge in [0.05, 0.1) is 0 Å². The van der Waals surface area contributed by atoms with Crippen molar-refractivity contribution in [2.24, 2.45) is 17.1 Å². The van der Waals surface area contributed by atoms with E-state index >= 15 is 0 Å². The fraction of sp³-hybridized carbons (Fsp3) is 0.562. The maximum Gasteiger partial charge on any atom is 0.410 e. The van der Waals surface area contributed by atoms with E-state index in [0.29, 0.717) is 6.54 Å². The van der Waals surface area contributed by atoms with Crippen LogP contribution in [0.3, 0.4) is 0 Å². The van der Waals surface area contributed by atoms with Crippen LogP contribution in [0.1, 0.15) is 19.4 Å². The minimum Gasteiger partial charge on any atom is -0.445 e. The maximum atomic E-state index is 12.2. The Morgan fingerprint density at radius 2 is 2.00 bits per heavy atom. The number of ether oxygens (including phenoxy) is 1. The molecule has 1 aromatic carbocycles. The van der Waals surface area contributed by atoms with Crippen molar-refractivity contribution in [2.45, 2.75) is 25.8 Å². The molecule has 2 atom stereocenters. The molecule has 0 radical (unpaired) electrons. The monoisotopic (exact) mass is 340 g/mol. The number of benzene rings is 1. The molecule has 0 saturated carbocycles. The highest BCUT2D eigenvalue weighted by atomic mass is 32.2. The first-order chi connectivity index (χ1) is 10.6. The van der Waals surface area contributed by atoms with Crippen molar-refractivity contribution in [2.75, 3.05) is 19.3 Å². The summed E-state index contributed by atoms with van der Waals surface area (Å²) < 4.78 is 28.8. The fourth-order valence-electron chi connectivity index (χ4n) is 2.95. The highest BCUT2D eigenvalue weighted by molar-refractivity contribution is 7.91. The summed E-state index contributed by atoms with van der Waals surface area (Å²) in [6, 6.07) is 9.41. The number of nitrogens with two attached hydrogens (primary N) is 1. The lowest BCUT2D eigenvalue weighted by Crippen LogP contribution is -2.44. The minimum absolute atomic E-state index is 0.194. The molecule has 1 aliphatic rings. The molecule has 0 aromatic heterocycles. The number of carbonyl (C=O) groups is 1. The number of carbonyl (C=O) groups excluding carboxylic acids is 1. The van der Waals surface area contributed by atoms with Crippen LogP contribution in [-0.4, -0.2) is 44.1 Å². The molecule has 2 N–H and O–H groups in total. The van der Waals surface area contributed by atoms with Gasteiger partial charge in [-0.15, -0.1) is 0 Å². The summed E-state index contributed by atoms with van der Waals surface area (Å²) in [7, 11) is -3.36. The average molecular weight is 340 g/mol. The fourth-order valence-corrected chi connectivity index (χ4v) is 4.01. The largest absolute Gasteiger partial charge is 0.445 e. The summed E-state index contributed by atoms with van der Waals surface area (Å²) in [5.74, 6) is -0.318. The smallest absolute Gasteiger partial charge is 0.410 e. The zero-order chi connectivity index (χ0) is 17.3. The van der Waals surface area contributed by atoms with E-state index in [1.54, 1.807) is 4.90 Å². The van der Waals surface area contributed by atoms with Gasteiger partial charge in [-0.25, -0.2) is 13.2 Å². The predicted octanol–water partition coefficient (Wildman–Crippen LogP) is 1.61. The molecule has 0 bridgehead atoms. The topological polar surface area (TPSA) is 89.7 Å². The minimum atomic E-state index is -3.36. The second kappa shape index (κ2) is 6.49.